The number of rotatable bonds is 3. The van der Waals surface area contributed by atoms with E-state index in [1.807, 2.05) is 20.0 Å². The molecule has 0 aliphatic heterocycles. The van der Waals surface area contributed by atoms with Crippen LogP contribution in [0.2, 0.25) is 0 Å². The highest BCUT2D eigenvalue weighted by Gasteiger charge is 2.15. The Morgan fingerprint density at radius 1 is 1.33 bits per heavy atom. The van der Waals surface area contributed by atoms with Gasteiger partial charge in [-0.15, -0.1) is 0 Å². The minimum atomic E-state index is -0.434. The molecule has 0 radical (unpaired) electrons. The fraction of sp³-hybridized carbons (Fsp3) is 0.312. The second kappa shape index (κ2) is 5.77. The second-order valence-corrected chi connectivity index (χ2v) is 5.61. The van der Waals surface area contributed by atoms with E-state index in [0.29, 0.717) is 22.7 Å². The molecule has 122 valence electrons. The highest BCUT2D eigenvalue weighted by Crippen LogP contribution is 2.22. The molecule has 3 rings (SSSR count). The minimum absolute atomic E-state index is 0.102. The van der Waals surface area contributed by atoms with Gasteiger partial charge in [-0.05, 0) is 26.3 Å². The number of aryl methyl sites for hydroxylation is 2. The zero-order valence-corrected chi connectivity index (χ0v) is 13.9. The van der Waals surface area contributed by atoms with Crippen molar-refractivity contribution in [1.82, 2.24) is 24.7 Å². The van der Waals surface area contributed by atoms with E-state index in [9.17, 15) is 4.79 Å². The maximum atomic E-state index is 12.3. The third-order valence-corrected chi connectivity index (χ3v) is 4.12. The lowest BCUT2D eigenvalue weighted by Crippen LogP contribution is -2.27. The van der Waals surface area contributed by atoms with Crippen molar-refractivity contribution in [1.29, 1.82) is 5.26 Å². The normalized spacial score (nSPS) is 10.8. The van der Waals surface area contributed by atoms with Gasteiger partial charge >= 0.3 is 0 Å². The van der Waals surface area contributed by atoms with Gasteiger partial charge < -0.3 is 4.52 Å². The largest absolute Gasteiger partial charge is 0.359 e. The fourth-order valence-electron chi connectivity index (χ4n) is 2.42. The van der Waals surface area contributed by atoms with Gasteiger partial charge in [0, 0.05) is 24.4 Å². The molecule has 0 aliphatic carbocycles. The zero-order valence-electron chi connectivity index (χ0n) is 13.9. The van der Waals surface area contributed by atoms with Crippen molar-refractivity contribution in [2.24, 2.45) is 7.05 Å². The van der Waals surface area contributed by atoms with Crippen molar-refractivity contribution in [3.05, 3.63) is 50.9 Å². The van der Waals surface area contributed by atoms with Crippen LogP contribution >= 0.6 is 0 Å². The van der Waals surface area contributed by atoms with E-state index >= 15 is 0 Å². The first-order valence-corrected chi connectivity index (χ1v) is 7.35. The van der Waals surface area contributed by atoms with Crippen molar-refractivity contribution in [2.75, 3.05) is 0 Å². The van der Waals surface area contributed by atoms with Crippen LogP contribution in [0.1, 0.15) is 28.3 Å². The lowest BCUT2D eigenvalue weighted by atomic mass is 10.1. The van der Waals surface area contributed by atoms with Gasteiger partial charge in [0.05, 0.1) is 11.9 Å². The lowest BCUT2D eigenvalue weighted by molar-refractivity contribution is 0.369. The summed E-state index contributed by atoms with van der Waals surface area (Å²) in [5.41, 5.74) is 3.38. The van der Waals surface area contributed by atoms with E-state index in [0.717, 1.165) is 11.3 Å². The second-order valence-electron chi connectivity index (χ2n) is 5.61. The summed E-state index contributed by atoms with van der Waals surface area (Å²) in [5.74, 6) is 0.481. The molecule has 0 amide bonds. The van der Waals surface area contributed by atoms with Crippen LogP contribution in [0.4, 0.5) is 0 Å². The Kier molecular flexibility index (Phi) is 3.77. The number of nitrogens with zero attached hydrogens (tertiary/aromatic N) is 6. The van der Waals surface area contributed by atoms with Crippen LogP contribution in [-0.2, 0) is 13.6 Å². The molecule has 0 aliphatic rings. The quantitative estimate of drug-likeness (QED) is 0.723. The Morgan fingerprint density at radius 3 is 2.71 bits per heavy atom. The molecule has 0 atom stereocenters. The summed E-state index contributed by atoms with van der Waals surface area (Å²) < 4.78 is 8.29. The van der Waals surface area contributed by atoms with Gasteiger partial charge in [-0.3, -0.25) is 9.48 Å². The Balaban J connectivity index is 1.97. The molecular formula is C16H16N6O2. The van der Waals surface area contributed by atoms with Gasteiger partial charge in [0.1, 0.15) is 23.9 Å². The minimum Gasteiger partial charge on any atom is -0.359 e. The summed E-state index contributed by atoms with van der Waals surface area (Å²) in [4.78, 5) is 12.3. The van der Waals surface area contributed by atoms with E-state index in [-0.39, 0.29) is 12.1 Å². The standard InChI is InChI=1S/C16H16N6O2/c1-9-10(2)19-22(16(23)13(9)6-17)8-12-5-15(20-24-12)14-7-18-21(4)11(14)3/h5,7H,8H2,1-4H3. The topological polar surface area (TPSA) is 103 Å². The van der Waals surface area contributed by atoms with Gasteiger partial charge in [-0.25, -0.2) is 4.68 Å². The summed E-state index contributed by atoms with van der Waals surface area (Å²) >= 11 is 0. The molecule has 0 bridgehead atoms. The molecular weight excluding hydrogens is 308 g/mol. The van der Waals surface area contributed by atoms with E-state index in [1.54, 1.807) is 30.8 Å². The first kappa shape index (κ1) is 15.7. The zero-order chi connectivity index (χ0) is 17.4. The molecule has 0 saturated heterocycles. The molecule has 3 aromatic rings. The third kappa shape index (κ3) is 2.50. The molecule has 0 fully saturated rings. The Hall–Kier alpha value is -3.21. The van der Waals surface area contributed by atoms with Crippen LogP contribution in [-0.4, -0.2) is 24.7 Å². The Bertz CT molecular complexity index is 1020. The third-order valence-electron chi connectivity index (χ3n) is 4.12. The Morgan fingerprint density at radius 2 is 2.08 bits per heavy atom. The smallest absolute Gasteiger partial charge is 0.285 e. The van der Waals surface area contributed by atoms with Crippen molar-refractivity contribution in [3.8, 4) is 17.3 Å². The summed E-state index contributed by atoms with van der Waals surface area (Å²) in [7, 11) is 1.85. The highest BCUT2D eigenvalue weighted by molar-refractivity contribution is 5.60. The summed E-state index contributed by atoms with van der Waals surface area (Å²) in [5, 5.41) is 21.6. The average molecular weight is 324 g/mol. The van der Waals surface area contributed by atoms with Crippen molar-refractivity contribution in [3.63, 3.8) is 0 Å². The summed E-state index contributed by atoms with van der Waals surface area (Å²) in [6, 6.07) is 3.69. The van der Waals surface area contributed by atoms with Gasteiger partial charge in [-0.1, -0.05) is 5.16 Å². The van der Waals surface area contributed by atoms with E-state index in [4.69, 9.17) is 9.78 Å². The number of hydrogen-bond donors (Lipinski definition) is 0. The Labute approximate surface area is 137 Å². The molecule has 0 unspecified atom stereocenters. The fourth-order valence-corrected chi connectivity index (χ4v) is 2.42. The van der Waals surface area contributed by atoms with Gasteiger partial charge in [0.2, 0.25) is 0 Å². The highest BCUT2D eigenvalue weighted by atomic mass is 16.5. The van der Waals surface area contributed by atoms with Crippen LogP contribution in [0.25, 0.3) is 11.3 Å². The van der Waals surface area contributed by atoms with Crippen molar-refractivity contribution < 1.29 is 4.52 Å². The van der Waals surface area contributed by atoms with Gasteiger partial charge in [0.15, 0.2) is 5.76 Å². The maximum Gasteiger partial charge on any atom is 0.285 e. The lowest BCUT2D eigenvalue weighted by Gasteiger charge is -2.06. The predicted molar refractivity (Wildman–Crippen MR) is 85.2 cm³/mol. The van der Waals surface area contributed by atoms with Crippen LogP contribution in [0, 0.1) is 32.1 Å². The summed E-state index contributed by atoms with van der Waals surface area (Å²) in [6.07, 6.45) is 1.71. The van der Waals surface area contributed by atoms with Crippen LogP contribution < -0.4 is 5.56 Å². The molecule has 0 saturated carbocycles. The molecule has 0 spiro atoms. The van der Waals surface area contributed by atoms with E-state index in [2.05, 4.69) is 15.4 Å². The molecule has 0 aromatic carbocycles. The SMILES string of the molecule is Cc1nn(Cc2cc(-c3cnn(C)c3C)no2)c(=O)c(C#N)c1C. The number of nitriles is 1. The maximum absolute atomic E-state index is 12.3. The molecule has 3 heterocycles. The molecule has 3 aromatic heterocycles. The number of hydrogen-bond acceptors (Lipinski definition) is 6. The first-order chi connectivity index (χ1) is 11.4. The predicted octanol–water partition coefficient (Wildman–Crippen LogP) is 1.48. The van der Waals surface area contributed by atoms with Crippen LogP contribution in [0.15, 0.2) is 21.6 Å². The average Bonchev–Trinajstić information content (AvgIpc) is 3.13. The summed E-state index contributed by atoms with van der Waals surface area (Å²) in [6.45, 7) is 5.52. The van der Waals surface area contributed by atoms with E-state index in [1.165, 1.54) is 4.68 Å². The molecule has 24 heavy (non-hydrogen) atoms. The van der Waals surface area contributed by atoms with Gasteiger partial charge in [-0.2, -0.15) is 15.5 Å². The van der Waals surface area contributed by atoms with Crippen LogP contribution in [0.3, 0.4) is 0 Å². The van der Waals surface area contributed by atoms with Crippen molar-refractivity contribution in [2.45, 2.75) is 27.3 Å². The monoisotopic (exact) mass is 324 g/mol. The van der Waals surface area contributed by atoms with Crippen LogP contribution in [0.5, 0.6) is 0 Å². The molecule has 8 heteroatoms. The molecule has 8 nitrogen and oxygen atoms in total. The first-order valence-electron chi connectivity index (χ1n) is 7.35. The van der Waals surface area contributed by atoms with Gasteiger partial charge in [0.25, 0.3) is 5.56 Å². The van der Waals surface area contributed by atoms with Crippen molar-refractivity contribution >= 4 is 0 Å². The van der Waals surface area contributed by atoms with E-state index < -0.39 is 5.56 Å². The molecule has 0 N–H and O–H groups in total. The number of aromatic nitrogens is 5.